The third kappa shape index (κ3) is 2.61. The van der Waals surface area contributed by atoms with Crippen LogP contribution >= 0.6 is 0 Å². The molecule has 0 bridgehead atoms. The van der Waals surface area contributed by atoms with Crippen molar-refractivity contribution in [3.05, 3.63) is 29.8 Å². The zero-order valence-corrected chi connectivity index (χ0v) is 11.0. The molecule has 1 unspecified atom stereocenters. The Morgan fingerprint density at radius 1 is 1.29 bits per heavy atom. The second-order valence-electron chi connectivity index (χ2n) is 4.49. The predicted octanol–water partition coefficient (Wildman–Crippen LogP) is 1.13. The maximum atomic E-state index is 12.0. The van der Waals surface area contributed by atoms with Gasteiger partial charge in [-0.1, -0.05) is 12.1 Å². The number of hydrogen-bond donors (Lipinski definition) is 1. The maximum absolute atomic E-state index is 12.0. The van der Waals surface area contributed by atoms with Gasteiger partial charge < -0.3 is 10.2 Å². The van der Waals surface area contributed by atoms with Gasteiger partial charge in [0, 0.05) is 25.8 Å². The van der Waals surface area contributed by atoms with E-state index in [1.807, 2.05) is 38.4 Å². The van der Waals surface area contributed by atoms with E-state index < -0.39 is 9.84 Å². The Hall–Kier alpha value is -1.07. The fraction of sp³-hybridized carbons (Fsp3) is 0.500. The number of nitrogens with one attached hydrogen (secondary N) is 1. The summed E-state index contributed by atoms with van der Waals surface area (Å²) in [5.41, 5.74) is 1.88. The number of nitrogens with zero attached hydrogens (tertiary/aromatic N) is 1. The molecular weight excluding hydrogens is 236 g/mol. The molecule has 2 rings (SSSR count). The summed E-state index contributed by atoms with van der Waals surface area (Å²) in [6.45, 7) is 1.22. The first-order valence-electron chi connectivity index (χ1n) is 5.71. The highest BCUT2D eigenvalue weighted by Gasteiger charge is 2.32. The SMILES string of the molecule is CNc1ccc(C2CN(C)CCS2(=O)=O)cc1. The molecule has 1 aliphatic rings. The maximum Gasteiger partial charge on any atom is 0.159 e. The van der Waals surface area contributed by atoms with Crippen LogP contribution in [0.2, 0.25) is 0 Å². The van der Waals surface area contributed by atoms with Crippen LogP contribution in [-0.2, 0) is 9.84 Å². The highest BCUT2D eigenvalue weighted by molar-refractivity contribution is 7.91. The Morgan fingerprint density at radius 3 is 2.53 bits per heavy atom. The lowest BCUT2D eigenvalue weighted by molar-refractivity contribution is 0.333. The second-order valence-corrected chi connectivity index (χ2v) is 6.79. The van der Waals surface area contributed by atoms with Gasteiger partial charge in [0.15, 0.2) is 9.84 Å². The molecule has 17 heavy (non-hydrogen) atoms. The van der Waals surface area contributed by atoms with E-state index in [-0.39, 0.29) is 11.0 Å². The van der Waals surface area contributed by atoms with Crippen LogP contribution in [0.1, 0.15) is 10.8 Å². The predicted molar refractivity (Wildman–Crippen MR) is 70.0 cm³/mol. The summed E-state index contributed by atoms with van der Waals surface area (Å²) >= 11 is 0. The lowest BCUT2D eigenvalue weighted by Gasteiger charge is -2.30. The first-order valence-corrected chi connectivity index (χ1v) is 7.42. The number of anilines is 1. The second kappa shape index (κ2) is 4.66. The number of hydrogen-bond acceptors (Lipinski definition) is 4. The van der Waals surface area contributed by atoms with Crippen LogP contribution in [0.3, 0.4) is 0 Å². The van der Waals surface area contributed by atoms with Gasteiger partial charge in [0.05, 0.1) is 11.0 Å². The molecule has 1 atom stereocenters. The molecule has 1 aliphatic heterocycles. The van der Waals surface area contributed by atoms with Gasteiger partial charge in [0.1, 0.15) is 0 Å². The summed E-state index contributed by atoms with van der Waals surface area (Å²) < 4.78 is 24.1. The summed E-state index contributed by atoms with van der Waals surface area (Å²) in [6, 6.07) is 7.62. The van der Waals surface area contributed by atoms with E-state index in [0.29, 0.717) is 13.1 Å². The Kier molecular flexibility index (Phi) is 3.40. The van der Waals surface area contributed by atoms with Crippen molar-refractivity contribution in [3.63, 3.8) is 0 Å². The molecule has 0 aliphatic carbocycles. The normalized spacial score (nSPS) is 24.5. The Balaban J connectivity index is 2.30. The Morgan fingerprint density at radius 2 is 1.94 bits per heavy atom. The topological polar surface area (TPSA) is 49.4 Å². The first kappa shape index (κ1) is 12.4. The van der Waals surface area contributed by atoms with Crippen LogP contribution in [0, 0.1) is 0 Å². The molecule has 1 heterocycles. The molecule has 1 N–H and O–H groups in total. The Labute approximate surface area is 103 Å². The van der Waals surface area contributed by atoms with Crippen molar-refractivity contribution < 1.29 is 8.42 Å². The van der Waals surface area contributed by atoms with Gasteiger partial charge in [0.2, 0.25) is 0 Å². The van der Waals surface area contributed by atoms with Gasteiger partial charge in [0.25, 0.3) is 0 Å². The van der Waals surface area contributed by atoms with Crippen LogP contribution in [0.15, 0.2) is 24.3 Å². The molecule has 1 aromatic carbocycles. The molecule has 1 saturated heterocycles. The minimum absolute atomic E-state index is 0.252. The van der Waals surface area contributed by atoms with Crippen LogP contribution in [-0.4, -0.2) is 46.3 Å². The van der Waals surface area contributed by atoms with Gasteiger partial charge in [-0.15, -0.1) is 0 Å². The van der Waals surface area contributed by atoms with E-state index >= 15 is 0 Å². The van der Waals surface area contributed by atoms with E-state index in [0.717, 1.165) is 11.3 Å². The summed E-state index contributed by atoms with van der Waals surface area (Å²) in [5, 5.41) is 2.64. The highest BCUT2D eigenvalue weighted by atomic mass is 32.2. The van der Waals surface area contributed by atoms with Gasteiger partial charge in [-0.05, 0) is 24.7 Å². The van der Waals surface area contributed by atoms with Gasteiger partial charge in [-0.2, -0.15) is 0 Å². The standard InChI is InChI=1S/C12H18N2O2S/c1-13-11-5-3-10(4-6-11)12-9-14(2)7-8-17(12,15)16/h3-6,12-13H,7-9H2,1-2H3. The number of sulfone groups is 1. The van der Waals surface area contributed by atoms with E-state index in [9.17, 15) is 8.42 Å². The van der Waals surface area contributed by atoms with Crippen LogP contribution < -0.4 is 5.32 Å². The number of rotatable bonds is 2. The Bertz CT molecular complexity index is 482. The summed E-state index contributed by atoms with van der Waals surface area (Å²) in [4.78, 5) is 2.07. The minimum atomic E-state index is -2.99. The smallest absolute Gasteiger partial charge is 0.159 e. The quantitative estimate of drug-likeness (QED) is 0.859. The summed E-state index contributed by atoms with van der Waals surface area (Å²) in [5.74, 6) is 0.252. The van der Waals surface area contributed by atoms with Crippen molar-refractivity contribution in [3.8, 4) is 0 Å². The lowest BCUT2D eigenvalue weighted by Crippen LogP contribution is -2.40. The zero-order chi connectivity index (χ0) is 12.5. The van der Waals surface area contributed by atoms with E-state index in [4.69, 9.17) is 0 Å². The molecule has 94 valence electrons. The molecule has 1 fully saturated rings. The number of likely N-dealkylation sites (N-methyl/N-ethyl adjacent to an activating group) is 1. The molecule has 0 aromatic heterocycles. The van der Waals surface area contributed by atoms with Crippen molar-refractivity contribution in [2.45, 2.75) is 5.25 Å². The lowest BCUT2D eigenvalue weighted by atomic mass is 10.1. The average Bonchev–Trinajstić information content (AvgIpc) is 2.33. The van der Waals surface area contributed by atoms with Crippen molar-refractivity contribution in [2.24, 2.45) is 0 Å². The van der Waals surface area contributed by atoms with E-state index in [2.05, 4.69) is 10.2 Å². The largest absolute Gasteiger partial charge is 0.388 e. The van der Waals surface area contributed by atoms with E-state index in [1.165, 1.54) is 0 Å². The molecule has 5 heteroatoms. The molecule has 0 radical (unpaired) electrons. The van der Waals surface area contributed by atoms with Crippen molar-refractivity contribution in [1.82, 2.24) is 4.90 Å². The van der Waals surface area contributed by atoms with Crippen molar-refractivity contribution in [1.29, 1.82) is 0 Å². The van der Waals surface area contributed by atoms with Crippen molar-refractivity contribution in [2.75, 3.05) is 38.3 Å². The molecule has 1 aromatic rings. The molecule has 0 amide bonds. The number of benzene rings is 1. The fourth-order valence-corrected chi connectivity index (χ4v) is 3.99. The highest BCUT2D eigenvalue weighted by Crippen LogP contribution is 2.28. The molecule has 0 spiro atoms. The van der Waals surface area contributed by atoms with Crippen LogP contribution in [0.25, 0.3) is 0 Å². The summed E-state index contributed by atoms with van der Waals surface area (Å²) in [6.07, 6.45) is 0. The van der Waals surface area contributed by atoms with Crippen LogP contribution in [0.5, 0.6) is 0 Å². The van der Waals surface area contributed by atoms with E-state index in [1.54, 1.807) is 0 Å². The third-order valence-electron chi connectivity index (χ3n) is 3.24. The third-order valence-corrected chi connectivity index (χ3v) is 5.28. The van der Waals surface area contributed by atoms with Gasteiger partial charge in [-0.25, -0.2) is 8.42 Å². The minimum Gasteiger partial charge on any atom is -0.388 e. The molecular formula is C12H18N2O2S. The molecule has 4 nitrogen and oxygen atoms in total. The van der Waals surface area contributed by atoms with Crippen LogP contribution in [0.4, 0.5) is 5.69 Å². The van der Waals surface area contributed by atoms with Gasteiger partial charge >= 0.3 is 0 Å². The summed E-state index contributed by atoms with van der Waals surface area (Å²) in [7, 11) is 0.818. The molecule has 0 saturated carbocycles. The first-order chi connectivity index (χ1) is 8.03. The monoisotopic (exact) mass is 254 g/mol. The van der Waals surface area contributed by atoms with Gasteiger partial charge in [-0.3, -0.25) is 0 Å². The van der Waals surface area contributed by atoms with Crippen molar-refractivity contribution >= 4 is 15.5 Å². The zero-order valence-electron chi connectivity index (χ0n) is 10.2. The average molecular weight is 254 g/mol. The fourth-order valence-electron chi connectivity index (χ4n) is 2.09.